The van der Waals surface area contributed by atoms with Gasteiger partial charge < -0.3 is 9.47 Å². The first kappa shape index (κ1) is 15.0. The van der Waals surface area contributed by atoms with Crippen LogP contribution in [0.3, 0.4) is 0 Å². The second-order valence-electron chi connectivity index (χ2n) is 4.01. The van der Waals surface area contributed by atoms with E-state index in [1.165, 1.54) is 6.92 Å². The molecule has 0 heterocycles. The molecule has 0 radical (unpaired) electrons. The minimum Gasteiger partial charge on any atom is -0.490 e. The Kier molecular flexibility index (Phi) is 6.76. The molecule has 0 fully saturated rings. The van der Waals surface area contributed by atoms with Gasteiger partial charge in [0, 0.05) is 11.6 Å². The molecule has 0 amide bonds. The first-order chi connectivity index (χ1) is 8.65. The van der Waals surface area contributed by atoms with E-state index in [4.69, 9.17) is 21.1 Å². The number of ether oxygens (including phenoxy) is 2. The fourth-order valence-corrected chi connectivity index (χ4v) is 1.63. The van der Waals surface area contributed by atoms with Crippen LogP contribution in [0, 0.1) is 0 Å². The molecule has 3 nitrogen and oxygen atoms in total. The summed E-state index contributed by atoms with van der Waals surface area (Å²) in [6.07, 6.45) is 2.17. The molecule has 0 atom stereocenters. The van der Waals surface area contributed by atoms with Gasteiger partial charge in [0.25, 0.3) is 0 Å². The summed E-state index contributed by atoms with van der Waals surface area (Å²) in [4.78, 5) is 11.4. The highest BCUT2D eigenvalue weighted by atomic mass is 35.5. The van der Waals surface area contributed by atoms with Crippen molar-refractivity contribution in [2.24, 2.45) is 0 Å². The van der Waals surface area contributed by atoms with Crippen molar-refractivity contribution in [3.05, 3.63) is 28.8 Å². The minimum atomic E-state index is -0.0561. The number of hydrogen-bond acceptors (Lipinski definition) is 3. The normalized spacial score (nSPS) is 10.4. The van der Waals surface area contributed by atoms with E-state index in [1.54, 1.807) is 18.2 Å². The molecule has 100 valence electrons. The number of rotatable bonds is 8. The third-order valence-corrected chi connectivity index (χ3v) is 2.68. The van der Waals surface area contributed by atoms with Gasteiger partial charge in [-0.2, -0.15) is 0 Å². The quantitative estimate of drug-likeness (QED) is 0.533. The summed E-state index contributed by atoms with van der Waals surface area (Å²) >= 11 is 5.85. The molecule has 0 bridgehead atoms. The summed E-state index contributed by atoms with van der Waals surface area (Å²) in [5.41, 5.74) is 0.510. The minimum absolute atomic E-state index is 0.0561. The fourth-order valence-electron chi connectivity index (χ4n) is 1.46. The lowest BCUT2D eigenvalue weighted by Gasteiger charge is -2.10. The highest BCUT2D eigenvalue weighted by Gasteiger charge is 2.09. The van der Waals surface area contributed by atoms with E-state index in [2.05, 4.69) is 6.92 Å². The molecule has 0 aromatic heterocycles. The third-order valence-electron chi connectivity index (χ3n) is 2.45. The maximum atomic E-state index is 11.4. The zero-order valence-corrected chi connectivity index (χ0v) is 11.6. The first-order valence-electron chi connectivity index (χ1n) is 6.16. The predicted octanol–water partition coefficient (Wildman–Crippen LogP) is 3.74. The number of ketones is 1. The van der Waals surface area contributed by atoms with Crippen molar-refractivity contribution in [1.82, 2.24) is 0 Å². The van der Waals surface area contributed by atoms with Gasteiger partial charge in [0.15, 0.2) is 5.78 Å². The molecular formula is C14H19ClO3. The van der Waals surface area contributed by atoms with Gasteiger partial charge in [-0.3, -0.25) is 4.79 Å². The van der Waals surface area contributed by atoms with Crippen LogP contribution < -0.4 is 4.74 Å². The highest BCUT2D eigenvalue weighted by molar-refractivity contribution is 6.31. The van der Waals surface area contributed by atoms with Crippen molar-refractivity contribution in [1.29, 1.82) is 0 Å². The summed E-state index contributed by atoms with van der Waals surface area (Å²) < 4.78 is 10.9. The maximum Gasteiger partial charge on any atom is 0.163 e. The van der Waals surface area contributed by atoms with Crippen molar-refractivity contribution < 1.29 is 14.3 Å². The Hall–Kier alpha value is -1.06. The molecule has 18 heavy (non-hydrogen) atoms. The van der Waals surface area contributed by atoms with Gasteiger partial charge >= 0.3 is 0 Å². The van der Waals surface area contributed by atoms with Crippen molar-refractivity contribution in [2.75, 3.05) is 19.8 Å². The predicted molar refractivity (Wildman–Crippen MR) is 72.7 cm³/mol. The van der Waals surface area contributed by atoms with Gasteiger partial charge in [-0.25, -0.2) is 0 Å². The van der Waals surface area contributed by atoms with Gasteiger partial charge in [-0.05, 0) is 31.5 Å². The number of carbonyl (C=O) groups excluding carboxylic acids is 1. The van der Waals surface area contributed by atoms with E-state index in [1.807, 2.05) is 0 Å². The SMILES string of the molecule is CCCCOCCOc1ccc(Cl)cc1C(C)=O. The third kappa shape index (κ3) is 5.07. The fraction of sp³-hybridized carbons (Fsp3) is 0.500. The van der Waals surface area contributed by atoms with Crippen LogP contribution in [0.15, 0.2) is 18.2 Å². The van der Waals surface area contributed by atoms with E-state index in [0.29, 0.717) is 29.5 Å². The van der Waals surface area contributed by atoms with Crippen molar-refractivity contribution in [3.63, 3.8) is 0 Å². The molecule has 0 unspecified atom stereocenters. The molecule has 1 rings (SSSR count). The number of carbonyl (C=O) groups is 1. The lowest BCUT2D eigenvalue weighted by Crippen LogP contribution is -2.09. The first-order valence-corrected chi connectivity index (χ1v) is 6.54. The summed E-state index contributed by atoms with van der Waals surface area (Å²) in [5.74, 6) is 0.505. The van der Waals surface area contributed by atoms with Gasteiger partial charge in [0.1, 0.15) is 12.4 Å². The van der Waals surface area contributed by atoms with Crippen LogP contribution in [-0.2, 0) is 4.74 Å². The zero-order chi connectivity index (χ0) is 13.4. The molecule has 0 aliphatic rings. The average molecular weight is 271 g/mol. The Morgan fingerprint density at radius 3 is 2.72 bits per heavy atom. The average Bonchev–Trinajstić information content (AvgIpc) is 2.35. The topological polar surface area (TPSA) is 35.5 Å². The molecule has 0 spiro atoms. The number of hydrogen-bond donors (Lipinski definition) is 0. The van der Waals surface area contributed by atoms with Crippen LogP contribution >= 0.6 is 11.6 Å². The van der Waals surface area contributed by atoms with Gasteiger partial charge in [-0.15, -0.1) is 0 Å². The number of Topliss-reactive ketones (excluding diaryl/α,β-unsaturated/α-hetero) is 1. The van der Waals surface area contributed by atoms with E-state index in [-0.39, 0.29) is 5.78 Å². The van der Waals surface area contributed by atoms with Crippen LogP contribution in [0.25, 0.3) is 0 Å². The molecule has 0 N–H and O–H groups in total. The molecule has 4 heteroatoms. The van der Waals surface area contributed by atoms with E-state index < -0.39 is 0 Å². The molecular weight excluding hydrogens is 252 g/mol. The summed E-state index contributed by atoms with van der Waals surface area (Å²) in [7, 11) is 0. The van der Waals surface area contributed by atoms with Gasteiger partial charge in [0.2, 0.25) is 0 Å². The molecule has 0 aliphatic heterocycles. The largest absolute Gasteiger partial charge is 0.490 e. The Bertz CT molecular complexity index is 391. The smallest absolute Gasteiger partial charge is 0.163 e. The summed E-state index contributed by atoms with van der Waals surface area (Å²) in [5, 5.41) is 0.534. The molecule has 1 aromatic rings. The van der Waals surface area contributed by atoms with Crippen molar-refractivity contribution in [3.8, 4) is 5.75 Å². The number of benzene rings is 1. The van der Waals surface area contributed by atoms with Gasteiger partial charge in [-0.1, -0.05) is 24.9 Å². The zero-order valence-electron chi connectivity index (χ0n) is 10.9. The standard InChI is InChI=1S/C14H19ClO3/c1-3-4-7-17-8-9-18-14-6-5-12(15)10-13(14)11(2)16/h5-6,10H,3-4,7-9H2,1-2H3. The van der Waals surface area contributed by atoms with Crippen LogP contribution in [-0.4, -0.2) is 25.6 Å². The highest BCUT2D eigenvalue weighted by Crippen LogP contribution is 2.23. The Balaban J connectivity index is 2.44. The van der Waals surface area contributed by atoms with E-state index in [9.17, 15) is 4.79 Å². The monoisotopic (exact) mass is 270 g/mol. The molecule has 0 saturated heterocycles. The van der Waals surface area contributed by atoms with Crippen molar-refractivity contribution >= 4 is 17.4 Å². The molecule has 0 aliphatic carbocycles. The van der Waals surface area contributed by atoms with Crippen LogP contribution in [0.1, 0.15) is 37.0 Å². The van der Waals surface area contributed by atoms with Crippen LogP contribution in [0.4, 0.5) is 0 Å². The van der Waals surface area contributed by atoms with Gasteiger partial charge in [0.05, 0.1) is 12.2 Å². The second-order valence-corrected chi connectivity index (χ2v) is 4.45. The Labute approximate surface area is 113 Å². The Morgan fingerprint density at radius 1 is 1.28 bits per heavy atom. The summed E-state index contributed by atoms with van der Waals surface area (Å²) in [6, 6.07) is 5.05. The molecule has 0 saturated carbocycles. The number of halogens is 1. The maximum absolute atomic E-state index is 11.4. The van der Waals surface area contributed by atoms with Crippen LogP contribution in [0.2, 0.25) is 5.02 Å². The van der Waals surface area contributed by atoms with E-state index in [0.717, 1.165) is 19.4 Å². The lowest BCUT2D eigenvalue weighted by atomic mass is 10.1. The van der Waals surface area contributed by atoms with E-state index >= 15 is 0 Å². The summed E-state index contributed by atoms with van der Waals surface area (Å²) in [6.45, 7) is 5.33. The molecule has 1 aromatic carbocycles. The van der Waals surface area contributed by atoms with Crippen molar-refractivity contribution in [2.45, 2.75) is 26.7 Å². The lowest BCUT2D eigenvalue weighted by molar-refractivity contribution is 0.0948. The second kappa shape index (κ2) is 8.11. The Morgan fingerprint density at radius 2 is 2.06 bits per heavy atom. The number of unbranched alkanes of at least 4 members (excludes halogenated alkanes) is 1. The van der Waals surface area contributed by atoms with Crippen LogP contribution in [0.5, 0.6) is 5.75 Å².